The smallest absolute Gasteiger partial charge is 0.251 e. The quantitative estimate of drug-likeness (QED) is 0.637. The van der Waals surface area contributed by atoms with Gasteiger partial charge in [-0.05, 0) is 51.2 Å². The van der Waals surface area contributed by atoms with E-state index in [-0.39, 0.29) is 24.0 Å². The number of hydrogen-bond acceptors (Lipinski definition) is 5. The molecule has 7 nitrogen and oxygen atoms in total. The van der Waals surface area contributed by atoms with Crippen molar-refractivity contribution in [3.63, 3.8) is 0 Å². The van der Waals surface area contributed by atoms with Gasteiger partial charge in [0.1, 0.15) is 5.78 Å². The molecule has 1 N–H and O–H groups in total. The lowest BCUT2D eigenvalue weighted by Crippen LogP contribution is -2.31. The molecule has 0 saturated heterocycles. The lowest BCUT2D eigenvalue weighted by Gasteiger charge is -2.11. The van der Waals surface area contributed by atoms with Gasteiger partial charge in [-0.25, -0.2) is 9.50 Å². The van der Waals surface area contributed by atoms with E-state index in [1.54, 1.807) is 10.6 Å². The summed E-state index contributed by atoms with van der Waals surface area (Å²) in [5, 5.41) is 7.50. The Morgan fingerprint density at radius 3 is 2.72 bits per heavy atom. The molecule has 1 saturated carbocycles. The Bertz CT molecular complexity index is 1050. The lowest BCUT2D eigenvalue weighted by atomic mass is 10.1. The van der Waals surface area contributed by atoms with Gasteiger partial charge in [0.25, 0.3) is 5.91 Å². The number of aromatic nitrogens is 3. The molecule has 0 bridgehead atoms. The fraction of sp³-hybridized carbons (Fsp3) is 0.364. The van der Waals surface area contributed by atoms with Crippen LogP contribution < -0.4 is 5.32 Å². The van der Waals surface area contributed by atoms with Gasteiger partial charge in [0.15, 0.2) is 11.5 Å². The number of rotatable bonds is 8. The van der Waals surface area contributed by atoms with Crippen LogP contribution in [0.15, 0.2) is 42.5 Å². The molecule has 0 unspecified atom stereocenters. The van der Waals surface area contributed by atoms with Crippen LogP contribution in [-0.4, -0.2) is 58.4 Å². The van der Waals surface area contributed by atoms with Crippen molar-refractivity contribution >= 4 is 17.3 Å². The van der Waals surface area contributed by atoms with E-state index >= 15 is 0 Å². The Morgan fingerprint density at radius 1 is 1.17 bits per heavy atom. The molecule has 1 aromatic carbocycles. The molecule has 0 radical (unpaired) electrons. The van der Waals surface area contributed by atoms with E-state index in [0.717, 1.165) is 30.6 Å². The maximum Gasteiger partial charge on any atom is 0.251 e. The van der Waals surface area contributed by atoms with E-state index in [4.69, 9.17) is 0 Å². The number of amides is 1. The predicted octanol–water partition coefficient (Wildman–Crippen LogP) is 2.21. The van der Waals surface area contributed by atoms with Gasteiger partial charge >= 0.3 is 0 Å². The van der Waals surface area contributed by atoms with Crippen LogP contribution in [0.25, 0.3) is 16.9 Å². The average Bonchev–Trinajstić information content (AvgIpc) is 3.47. The Kier molecular flexibility index (Phi) is 5.40. The maximum atomic E-state index is 12.5. The number of carbonyl (C=O) groups is 2. The van der Waals surface area contributed by atoms with Crippen molar-refractivity contribution in [1.82, 2.24) is 24.8 Å². The van der Waals surface area contributed by atoms with E-state index in [1.807, 2.05) is 55.4 Å². The highest BCUT2D eigenvalue weighted by atomic mass is 16.1. The zero-order valence-electron chi connectivity index (χ0n) is 16.8. The van der Waals surface area contributed by atoms with Gasteiger partial charge in [0.2, 0.25) is 0 Å². The minimum atomic E-state index is -0.102. The minimum Gasteiger partial charge on any atom is -0.351 e. The Labute approximate surface area is 169 Å². The lowest BCUT2D eigenvalue weighted by molar-refractivity contribution is -0.119. The first-order chi connectivity index (χ1) is 14.0. The summed E-state index contributed by atoms with van der Waals surface area (Å²) in [7, 11) is 3.94. The summed E-state index contributed by atoms with van der Waals surface area (Å²) in [6.45, 7) is 1.37. The van der Waals surface area contributed by atoms with Crippen LogP contribution in [0.3, 0.4) is 0 Å². The molecule has 0 spiro atoms. The first-order valence-electron chi connectivity index (χ1n) is 9.92. The van der Waals surface area contributed by atoms with Gasteiger partial charge in [0.05, 0.1) is 12.1 Å². The molecule has 3 aromatic rings. The highest BCUT2D eigenvalue weighted by Gasteiger charge is 2.30. The fourth-order valence-electron chi connectivity index (χ4n) is 3.26. The van der Waals surface area contributed by atoms with Crippen molar-refractivity contribution in [1.29, 1.82) is 0 Å². The van der Waals surface area contributed by atoms with E-state index < -0.39 is 0 Å². The Balaban J connectivity index is 1.58. The standard InChI is InChI=1S/C22H25N5O2/c1-26(2)12-11-23-22(29)17-6-3-5-16(13-17)18-7-4-8-21-24-20(25-27(18)21)14-19(28)15-9-10-15/h3-8,13,15H,9-12,14H2,1-2H3,(H,23,29). The van der Waals surface area contributed by atoms with Crippen molar-refractivity contribution in [2.45, 2.75) is 19.3 Å². The summed E-state index contributed by atoms with van der Waals surface area (Å²) in [5.41, 5.74) is 3.01. The summed E-state index contributed by atoms with van der Waals surface area (Å²) in [6, 6.07) is 13.2. The van der Waals surface area contributed by atoms with Gasteiger partial charge in [-0.3, -0.25) is 9.59 Å². The van der Waals surface area contributed by atoms with Crippen LogP contribution in [-0.2, 0) is 11.2 Å². The molecule has 1 amide bonds. The van der Waals surface area contributed by atoms with Crippen LogP contribution in [0, 0.1) is 5.92 Å². The summed E-state index contributed by atoms with van der Waals surface area (Å²) < 4.78 is 1.75. The number of benzene rings is 1. The van der Waals surface area contributed by atoms with Crippen molar-refractivity contribution in [3.8, 4) is 11.3 Å². The van der Waals surface area contributed by atoms with Crippen LogP contribution in [0.1, 0.15) is 29.0 Å². The van der Waals surface area contributed by atoms with E-state index in [9.17, 15) is 9.59 Å². The Morgan fingerprint density at radius 2 is 1.97 bits per heavy atom. The molecule has 1 fully saturated rings. The molecular weight excluding hydrogens is 366 g/mol. The third kappa shape index (κ3) is 4.51. The molecule has 0 aliphatic heterocycles. The number of nitrogens with one attached hydrogen (secondary N) is 1. The van der Waals surface area contributed by atoms with Gasteiger partial charge < -0.3 is 10.2 Å². The summed E-state index contributed by atoms with van der Waals surface area (Å²) in [5.74, 6) is 0.865. The first kappa shape index (κ1) is 19.3. The van der Waals surface area contributed by atoms with Gasteiger partial charge in [-0.1, -0.05) is 18.2 Å². The highest BCUT2D eigenvalue weighted by Crippen LogP contribution is 2.30. The zero-order chi connectivity index (χ0) is 20.4. The third-order valence-corrected chi connectivity index (χ3v) is 5.03. The number of nitrogens with zero attached hydrogens (tertiary/aromatic N) is 4. The second kappa shape index (κ2) is 8.13. The number of fused-ring (bicyclic) bond motifs is 1. The number of Topliss-reactive ketones (excluding diaryl/α,β-unsaturated/α-hetero) is 1. The molecule has 4 rings (SSSR count). The topological polar surface area (TPSA) is 79.6 Å². The van der Waals surface area contributed by atoms with Crippen molar-refractivity contribution < 1.29 is 9.59 Å². The van der Waals surface area contributed by atoms with E-state index in [2.05, 4.69) is 15.4 Å². The van der Waals surface area contributed by atoms with E-state index in [1.165, 1.54) is 0 Å². The third-order valence-electron chi connectivity index (χ3n) is 5.03. The molecule has 1 aliphatic carbocycles. The SMILES string of the molecule is CN(C)CCNC(=O)c1cccc(-c2cccc3nc(CC(=O)C4CC4)nn23)c1. The average molecular weight is 391 g/mol. The summed E-state index contributed by atoms with van der Waals surface area (Å²) >= 11 is 0. The summed E-state index contributed by atoms with van der Waals surface area (Å²) in [4.78, 5) is 31.1. The molecule has 2 aromatic heterocycles. The molecule has 2 heterocycles. The van der Waals surface area contributed by atoms with Gasteiger partial charge in [-0.2, -0.15) is 5.10 Å². The van der Waals surface area contributed by atoms with Gasteiger partial charge in [-0.15, -0.1) is 0 Å². The molecule has 7 heteroatoms. The largest absolute Gasteiger partial charge is 0.351 e. The van der Waals surface area contributed by atoms with Crippen LogP contribution >= 0.6 is 0 Å². The van der Waals surface area contributed by atoms with Crippen LogP contribution in [0.4, 0.5) is 0 Å². The maximum absolute atomic E-state index is 12.5. The van der Waals surface area contributed by atoms with Crippen LogP contribution in [0.2, 0.25) is 0 Å². The highest BCUT2D eigenvalue weighted by molar-refractivity contribution is 5.95. The molecule has 0 atom stereocenters. The van der Waals surface area contributed by atoms with Crippen molar-refractivity contribution in [3.05, 3.63) is 53.9 Å². The number of pyridine rings is 1. The number of likely N-dealkylation sites (N-methyl/N-ethyl adjacent to an activating group) is 1. The second-order valence-corrected chi connectivity index (χ2v) is 7.77. The number of hydrogen-bond donors (Lipinski definition) is 1. The van der Waals surface area contributed by atoms with Crippen molar-refractivity contribution in [2.24, 2.45) is 5.92 Å². The Hall–Kier alpha value is -3.06. The fourth-order valence-corrected chi connectivity index (χ4v) is 3.26. The molecule has 29 heavy (non-hydrogen) atoms. The molecule has 1 aliphatic rings. The second-order valence-electron chi connectivity index (χ2n) is 7.77. The predicted molar refractivity (Wildman–Crippen MR) is 111 cm³/mol. The number of ketones is 1. The van der Waals surface area contributed by atoms with Crippen molar-refractivity contribution in [2.75, 3.05) is 27.2 Å². The first-order valence-corrected chi connectivity index (χ1v) is 9.92. The summed E-state index contributed by atoms with van der Waals surface area (Å²) in [6.07, 6.45) is 2.25. The normalized spacial score (nSPS) is 13.8. The monoisotopic (exact) mass is 391 g/mol. The zero-order valence-corrected chi connectivity index (χ0v) is 16.8. The minimum absolute atomic E-state index is 0.102. The van der Waals surface area contributed by atoms with Gasteiger partial charge in [0, 0.05) is 30.1 Å². The molecule has 150 valence electrons. The number of carbonyl (C=O) groups excluding carboxylic acids is 2. The van der Waals surface area contributed by atoms with E-state index in [0.29, 0.717) is 23.6 Å². The molecular formula is C22H25N5O2. The van der Waals surface area contributed by atoms with Crippen LogP contribution in [0.5, 0.6) is 0 Å².